The van der Waals surface area contributed by atoms with Crippen molar-refractivity contribution in [3.63, 3.8) is 0 Å². The molecule has 0 aliphatic rings. The number of aryl methyl sites for hydroxylation is 2. The number of carbonyl (C=O) groups is 1. The minimum Gasteiger partial charge on any atom is -0.326 e. The van der Waals surface area contributed by atoms with Gasteiger partial charge in [-0.05, 0) is 30.7 Å². The van der Waals surface area contributed by atoms with Gasteiger partial charge in [-0.15, -0.1) is 0 Å². The van der Waals surface area contributed by atoms with Crippen LogP contribution in [-0.4, -0.2) is 10.5 Å². The van der Waals surface area contributed by atoms with Gasteiger partial charge in [-0.1, -0.05) is 12.1 Å². The fraction of sp³-hybridized carbons (Fsp3) is 0.188. The average molecular weight is 281 g/mol. The van der Waals surface area contributed by atoms with Crippen LogP contribution in [0.25, 0.3) is 0 Å². The van der Waals surface area contributed by atoms with Crippen LogP contribution in [0, 0.1) is 18.3 Å². The van der Waals surface area contributed by atoms with Crippen molar-refractivity contribution in [1.29, 1.82) is 5.26 Å². The first-order valence-electron chi connectivity index (χ1n) is 6.55. The normalized spacial score (nSPS) is 9.90. The van der Waals surface area contributed by atoms with Crippen LogP contribution in [-0.2, 0) is 11.3 Å². The zero-order valence-corrected chi connectivity index (χ0v) is 11.7. The first-order chi connectivity index (χ1) is 10.1. The van der Waals surface area contributed by atoms with Crippen LogP contribution in [0.2, 0.25) is 0 Å². The molecule has 1 aromatic heterocycles. The number of hydrogen-bond donors (Lipinski definition) is 1. The molecule has 0 spiro atoms. The van der Waals surface area contributed by atoms with Crippen molar-refractivity contribution in [3.8, 4) is 6.07 Å². The monoisotopic (exact) mass is 281 g/mol. The number of carbonyl (C=O) groups excluding carboxylic acids is 1. The van der Waals surface area contributed by atoms with E-state index in [1.165, 1.54) is 10.6 Å². The molecule has 2 aromatic rings. The third kappa shape index (κ3) is 4.05. The van der Waals surface area contributed by atoms with Crippen molar-refractivity contribution >= 4 is 11.6 Å². The molecule has 106 valence electrons. The molecule has 5 nitrogen and oxygen atoms in total. The summed E-state index contributed by atoms with van der Waals surface area (Å²) in [6, 6.07) is 12.0. The minimum absolute atomic E-state index is 0.125. The lowest BCUT2D eigenvalue weighted by molar-refractivity contribution is -0.116. The molecule has 0 radical (unpaired) electrons. The Labute approximate surface area is 122 Å². The number of anilines is 1. The number of benzene rings is 1. The summed E-state index contributed by atoms with van der Waals surface area (Å²) >= 11 is 0. The zero-order valence-electron chi connectivity index (χ0n) is 11.7. The molecule has 0 saturated heterocycles. The lowest BCUT2D eigenvalue weighted by atomic mass is 10.2. The Kier molecular flexibility index (Phi) is 4.52. The molecular formula is C16H15N3O2. The lowest BCUT2D eigenvalue weighted by Gasteiger charge is -2.08. The molecular weight excluding hydrogens is 266 g/mol. The summed E-state index contributed by atoms with van der Waals surface area (Å²) in [5, 5.41) is 11.5. The fourth-order valence-corrected chi connectivity index (χ4v) is 1.94. The molecule has 1 N–H and O–H groups in total. The van der Waals surface area contributed by atoms with Crippen molar-refractivity contribution in [2.24, 2.45) is 0 Å². The largest absolute Gasteiger partial charge is 0.326 e. The van der Waals surface area contributed by atoms with Crippen LogP contribution in [0.15, 0.2) is 47.4 Å². The van der Waals surface area contributed by atoms with Crippen molar-refractivity contribution in [2.75, 3.05) is 5.32 Å². The molecule has 0 unspecified atom stereocenters. The van der Waals surface area contributed by atoms with Crippen LogP contribution in [0.1, 0.15) is 17.5 Å². The summed E-state index contributed by atoms with van der Waals surface area (Å²) in [5.41, 5.74) is 1.91. The van der Waals surface area contributed by atoms with E-state index in [4.69, 9.17) is 5.26 Å². The van der Waals surface area contributed by atoms with Gasteiger partial charge in [0.15, 0.2) is 0 Å². The van der Waals surface area contributed by atoms with Gasteiger partial charge >= 0.3 is 0 Å². The van der Waals surface area contributed by atoms with E-state index in [9.17, 15) is 9.59 Å². The molecule has 5 heteroatoms. The second-order valence-corrected chi connectivity index (χ2v) is 4.73. The number of amides is 1. The third-order valence-electron chi connectivity index (χ3n) is 2.99. The van der Waals surface area contributed by atoms with Crippen LogP contribution in [0.4, 0.5) is 5.69 Å². The Hall–Kier alpha value is -2.87. The smallest absolute Gasteiger partial charge is 0.250 e. The summed E-state index contributed by atoms with van der Waals surface area (Å²) in [4.78, 5) is 23.5. The molecule has 2 rings (SSSR count). The standard InChI is InChI=1S/C16H15N3O2/c1-12-5-6-16(21)19(11-12)8-7-15(20)18-14-4-2-3-13(9-14)10-17/h2-6,9,11H,7-8H2,1H3,(H,18,20). The summed E-state index contributed by atoms with van der Waals surface area (Å²) in [5.74, 6) is -0.196. The second kappa shape index (κ2) is 6.53. The summed E-state index contributed by atoms with van der Waals surface area (Å²) in [6.45, 7) is 2.22. The lowest BCUT2D eigenvalue weighted by Crippen LogP contribution is -2.22. The minimum atomic E-state index is -0.196. The molecule has 0 aliphatic heterocycles. The Balaban J connectivity index is 1.97. The predicted molar refractivity (Wildman–Crippen MR) is 79.8 cm³/mol. The van der Waals surface area contributed by atoms with Crippen molar-refractivity contribution in [1.82, 2.24) is 4.57 Å². The molecule has 1 heterocycles. The highest BCUT2D eigenvalue weighted by Crippen LogP contribution is 2.10. The van der Waals surface area contributed by atoms with Crippen LogP contribution in [0.3, 0.4) is 0 Å². The molecule has 0 aliphatic carbocycles. The van der Waals surface area contributed by atoms with Crippen LogP contribution in [0.5, 0.6) is 0 Å². The molecule has 1 amide bonds. The number of pyridine rings is 1. The van der Waals surface area contributed by atoms with E-state index >= 15 is 0 Å². The van der Waals surface area contributed by atoms with E-state index in [2.05, 4.69) is 5.32 Å². The number of rotatable bonds is 4. The van der Waals surface area contributed by atoms with Crippen molar-refractivity contribution in [2.45, 2.75) is 19.9 Å². The van der Waals surface area contributed by atoms with Gasteiger partial charge in [0.25, 0.3) is 5.56 Å². The second-order valence-electron chi connectivity index (χ2n) is 4.73. The Morgan fingerprint density at radius 3 is 2.90 bits per heavy atom. The van der Waals surface area contributed by atoms with Crippen molar-refractivity contribution < 1.29 is 4.79 Å². The van der Waals surface area contributed by atoms with Gasteiger partial charge in [0.05, 0.1) is 11.6 Å². The number of nitrogens with one attached hydrogen (secondary N) is 1. The maximum atomic E-state index is 11.9. The van der Waals surface area contributed by atoms with Gasteiger partial charge in [0, 0.05) is 30.9 Å². The maximum Gasteiger partial charge on any atom is 0.250 e. The summed E-state index contributed by atoms with van der Waals surface area (Å²) < 4.78 is 1.51. The van der Waals surface area contributed by atoms with Crippen molar-refractivity contribution in [3.05, 3.63) is 64.1 Å². The third-order valence-corrected chi connectivity index (χ3v) is 2.99. The van der Waals surface area contributed by atoms with Gasteiger partial charge in [0.2, 0.25) is 5.91 Å². The maximum absolute atomic E-state index is 11.9. The van der Waals surface area contributed by atoms with Crippen LogP contribution < -0.4 is 10.9 Å². The highest BCUT2D eigenvalue weighted by Gasteiger charge is 2.04. The Morgan fingerprint density at radius 1 is 1.33 bits per heavy atom. The Morgan fingerprint density at radius 2 is 2.14 bits per heavy atom. The quantitative estimate of drug-likeness (QED) is 0.932. The number of nitriles is 1. The van der Waals surface area contributed by atoms with Gasteiger partial charge in [-0.3, -0.25) is 9.59 Å². The van der Waals surface area contributed by atoms with E-state index < -0.39 is 0 Å². The first kappa shape index (κ1) is 14.5. The van der Waals surface area contributed by atoms with Crippen LogP contribution >= 0.6 is 0 Å². The van der Waals surface area contributed by atoms with Gasteiger partial charge in [-0.2, -0.15) is 5.26 Å². The predicted octanol–water partition coefficient (Wildman–Crippen LogP) is 2.06. The molecule has 0 fully saturated rings. The molecule has 0 saturated carbocycles. The fourth-order valence-electron chi connectivity index (χ4n) is 1.94. The number of aromatic nitrogens is 1. The SMILES string of the molecule is Cc1ccc(=O)n(CCC(=O)Nc2cccc(C#N)c2)c1. The highest BCUT2D eigenvalue weighted by atomic mass is 16.1. The van der Waals surface area contributed by atoms with Gasteiger partial charge in [-0.25, -0.2) is 0 Å². The van der Waals surface area contributed by atoms with E-state index in [1.807, 2.05) is 13.0 Å². The Bertz CT molecular complexity index is 757. The van der Waals surface area contributed by atoms with E-state index in [1.54, 1.807) is 36.5 Å². The summed E-state index contributed by atoms with van der Waals surface area (Å²) in [7, 11) is 0. The van der Waals surface area contributed by atoms with Gasteiger partial charge in [0.1, 0.15) is 0 Å². The highest BCUT2D eigenvalue weighted by molar-refractivity contribution is 5.90. The average Bonchev–Trinajstić information content (AvgIpc) is 2.48. The van der Waals surface area contributed by atoms with E-state index in [-0.39, 0.29) is 17.9 Å². The molecule has 21 heavy (non-hydrogen) atoms. The molecule has 0 bridgehead atoms. The summed E-state index contributed by atoms with van der Waals surface area (Å²) in [6.07, 6.45) is 1.92. The number of hydrogen-bond acceptors (Lipinski definition) is 3. The topological polar surface area (TPSA) is 74.9 Å². The van der Waals surface area contributed by atoms with Gasteiger partial charge < -0.3 is 9.88 Å². The van der Waals surface area contributed by atoms with E-state index in [0.29, 0.717) is 17.8 Å². The number of nitrogens with zero attached hydrogens (tertiary/aromatic N) is 2. The molecule has 1 aromatic carbocycles. The zero-order chi connectivity index (χ0) is 15.2. The van der Waals surface area contributed by atoms with E-state index in [0.717, 1.165) is 5.56 Å². The molecule has 0 atom stereocenters. The first-order valence-corrected chi connectivity index (χ1v) is 6.55.